The zero-order chi connectivity index (χ0) is 15.8. The minimum Gasteiger partial charge on any atom is -0.356 e. The van der Waals surface area contributed by atoms with Gasteiger partial charge >= 0.3 is 0 Å². The molecule has 0 saturated heterocycles. The molecule has 5 heteroatoms. The van der Waals surface area contributed by atoms with Crippen LogP contribution in [0.1, 0.15) is 16.7 Å². The predicted molar refractivity (Wildman–Crippen MR) is 92.3 cm³/mol. The van der Waals surface area contributed by atoms with Crippen LogP contribution in [0.5, 0.6) is 0 Å². The molecule has 1 aromatic carbocycles. The van der Waals surface area contributed by atoms with Gasteiger partial charge in [0.25, 0.3) is 0 Å². The van der Waals surface area contributed by atoms with Gasteiger partial charge in [-0.15, -0.1) is 0 Å². The summed E-state index contributed by atoms with van der Waals surface area (Å²) in [5.74, 6) is 0.794. The molecule has 2 N–H and O–H groups in total. The van der Waals surface area contributed by atoms with Crippen molar-refractivity contribution >= 4 is 17.6 Å². The third kappa shape index (κ3) is 5.37. The van der Waals surface area contributed by atoms with E-state index in [1.54, 1.807) is 19.3 Å². The number of hydrogen-bond donors (Lipinski definition) is 2. The van der Waals surface area contributed by atoms with Crippen molar-refractivity contribution in [1.82, 2.24) is 15.6 Å². The molecule has 116 valence electrons. The number of aliphatic imine (C=N–C) groups is 1. The van der Waals surface area contributed by atoms with E-state index in [1.165, 1.54) is 11.1 Å². The minimum atomic E-state index is 0.521. The van der Waals surface area contributed by atoms with Crippen molar-refractivity contribution in [2.45, 2.75) is 19.9 Å². The number of nitrogens with one attached hydrogen (secondary N) is 2. The molecule has 0 saturated carbocycles. The van der Waals surface area contributed by atoms with Crippen molar-refractivity contribution in [3.8, 4) is 0 Å². The van der Waals surface area contributed by atoms with E-state index in [0.717, 1.165) is 31.0 Å². The first-order valence-corrected chi connectivity index (χ1v) is 7.65. The molecule has 4 nitrogen and oxygen atoms in total. The lowest BCUT2D eigenvalue weighted by atomic mass is 10.1. The monoisotopic (exact) mass is 316 g/mol. The summed E-state index contributed by atoms with van der Waals surface area (Å²) in [7, 11) is 1.77. The number of aromatic nitrogens is 1. The van der Waals surface area contributed by atoms with E-state index >= 15 is 0 Å². The highest BCUT2D eigenvalue weighted by atomic mass is 35.5. The van der Waals surface area contributed by atoms with E-state index in [0.29, 0.717) is 5.15 Å². The van der Waals surface area contributed by atoms with Crippen LogP contribution in [0.15, 0.2) is 47.6 Å². The van der Waals surface area contributed by atoms with Crippen molar-refractivity contribution in [1.29, 1.82) is 0 Å². The van der Waals surface area contributed by atoms with Crippen molar-refractivity contribution in [2.24, 2.45) is 4.99 Å². The molecule has 22 heavy (non-hydrogen) atoms. The van der Waals surface area contributed by atoms with E-state index in [-0.39, 0.29) is 0 Å². The molecule has 0 atom stereocenters. The van der Waals surface area contributed by atoms with Crippen LogP contribution in [0.25, 0.3) is 0 Å². The van der Waals surface area contributed by atoms with Gasteiger partial charge in [0.05, 0.1) is 0 Å². The Bertz CT molecular complexity index is 606. The lowest BCUT2D eigenvalue weighted by Crippen LogP contribution is -2.37. The van der Waals surface area contributed by atoms with Crippen LogP contribution >= 0.6 is 11.6 Å². The summed E-state index contributed by atoms with van der Waals surface area (Å²) >= 11 is 5.77. The lowest BCUT2D eigenvalue weighted by Gasteiger charge is -2.12. The normalized spacial score (nSPS) is 11.3. The van der Waals surface area contributed by atoms with Crippen molar-refractivity contribution in [3.05, 3.63) is 64.4 Å². The molecular formula is C17H21ClN4. The number of halogens is 1. The van der Waals surface area contributed by atoms with Gasteiger partial charge in [-0.05, 0) is 30.5 Å². The maximum absolute atomic E-state index is 5.77. The van der Waals surface area contributed by atoms with Crippen molar-refractivity contribution < 1.29 is 0 Å². The van der Waals surface area contributed by atoms with Crippen molar-refractivity contribution in [2.75, 3.05) is 13.6 Å². The summed E-state index contributed by atoms with van der Waals surface area (Å²) in [6.07, 6.45) is 2.67. The van der Waals surface area contributed by atoms with E-state index < -0.39 is 0 Å². The standard InChI is InChI=1S/C17H21ClN4/c1-13-3-5-14(6-4-13)12-22-17(19-2)20-10-9-15-7-8-16(18)21-11-15/h3-8,11H,9-10,12H2,1-2H3,(H2,19,20,22). The van der Waals surface area contributed by atoms with Gasteiger partial charge in [-0.25, -0.2) is 4.98 Å². The molecule has 0 bridgehead atoms. The number of aryl methyl sites for hydroxylation is 1. The molecule has 0 aliphatic heterocycles. The van der Waals surface area contributed by atoms with Gasteiger partial charge in [-0.2, -0.15) is 0 Å². The number of hydrogen-bond acceptors (Lipinski definition) is 2. The summed E-state index contributed by atoms with van der Waals surface area (Å²) in [6.45, 7) is 3.63. The zero-order valence-corrected chi connectivity index (χ0v) is 13.7. The summed E-state index contributed by atoms with van der Waals surface area (Å²) in [5, 5.41) is 7.12. The Kier molecular flexibility index (Phi) is 6.22. The molecule has 0 unspecified atom stereocenters. The minimum absolute atomic E-state index is 0.521. The first-order chi connectivity index (χ1) is 10.7. The molecular weight excluding hydrogens is 296 g/mol. The third-order valence-corrected chi connectivity index (χ3v) is 3.52. The molecule has 2 rings (SSSR count). The molecule has 0 fully saturated rings. The van der Waals surface area contributed by atoms with Crippen LogP contribution < -0.4 is 10.6 Å². The van der Waals surface area contributed by atoms with Crippen LogP contribution in [0.3, 0.4) is 0 Å². The highest BCUT2D eigenvalue weighted by Crippen LogP contribution is 2.05. The molecule has 0 aliphatic carbocycles. The van der Waals surface area contributed by atoms with Gasteiger partial charge in [-0.3, -0.25) is 4.99 Å². The van der Waals surface area contributed by atoms with Gasteiger partial charge in [0.2, 0.25) is 0 Å². The Morgan fingerprint density at radius 3 is 2.45 bits per heavy atom. The van der Waals surface area contributed by atoms with Crippen molar-refractivity contribution in [3.63, 3.8) is 0 Å². The fraction of sp³-hybridized carbons (Fsp3) is 0.294. The molecule has 0 aliphatic rings. The topological polar surface area (TPSA) is 49.3 Å². The number of nitrogens with zero attached hydrogens (tertiary/aromatic N) is 2. The average Bonchev–Trinajstić information content (AvgIpc) is 2.54. The van der Waals surface area contributed by atoms with Crippen LogP contribution in [-0.2, 0) is 13.0 Å². The maximum Gasteiger partial charge on any atom is 0.191 e. The second kappa shape index (κ2) is 8.39. The van der Waals surface area contributed by atoms with Gasteiger partial charge in [0.1, 0.15) is 5.15 Å². The maximum atomic E-state index is 5.77. The Balaban J connectivity index is 1.75. The molecule has 1 heterocycles. The van der Waals surface area contributed by atoms with E-state index in [2.05, 4.69) is 51.8 Å². The first kappa shape index (κ1) is 16.3. The summed E-state index contributed by atoms with van der Waals surface area (Å²) in [4.78, 5) is 8.30. The number of pyridine rings is 1. The zero-order valence-electron chi connectivity index (χ0n) is 12.9. The SMILES string of the molecule is CN=C(NCCc1ccc(Cl)nc1)NCc1ccc(C)cc1. The molecule has 0 radical (unpaired) electrons. The number of guanidine groups is 1. The molecule has 2 aromatic rings. The third-order valence-electron chi connectivity index (χ3n) is 3.30. The van der Waals surface area contributed by atoms with Crippen LogP contribution in [0.4, 0.5) is 0 Å². The Morgan fingerprint density at radius 2 is 1.82 bits per heavy atom. The van der Waals surface area contributed by atoms with Gasteiger partial charge < -0.3 is 10.6 Å². The Hall–Kier alpha value is -2.07. The highest BCUT2D eigenvalue weighted by Gasteiger charge is 1.99. The second-order valence-corrected chi connectivity index (χ2v) is 5.46. The lowest BCUT2D eigenvalue weighted by molar-refractivity contribution is 0.793. The van der Waals surface area contributed by atoms with E-state index in [1.807, 2.05) is 6.07 Å². The summed E-state index contributed by atoms with van der Waals surface area (Å²) in [5.41, 5.74) is 3.64. The summed E-state index contributed by atoms with van der Waals surface area (Å²) in [6, 6.07) is 12.3. The predicted octanol–water partition coefficient (Wildman–Crippen LogP) is 2.95. The number of benzene rings is 1. The highest BCUT2D eigenvalue weighted by molar-refractivity contribution is 6.29. The van der Waals surface area contributed by atoms with E-state index in [9.17, 15) is 0 Å². The first-order valence-electron chi connectivity index (χ1n) is 7.28. The smallest absolute Gasteiger partial charge is 0.191 e. The largest absolute Gasteiger partial charge is 0.356 e. The van der Waals surface area contributed by atoms with Crippen LogP contribution in [0.2, 0.25) is 5.15 Å². The fourth-order valence-corrected chi connectivity index (χ4v) is 2.10. The number of rotatable bonds is 5. The summed E-state index contributed by atoms with van der Waals surface area (Å²) < 4.78 is 0. The Morgan fingerprint density at radius 1 is 1.09 bits per heavy atom. The van der Waals surface area contributed by atoms with Crippen LogP contribution in [-0.4, -0.2) is 24.5 Å². The quantitative estimate of drug-likeness (QED) is 0.506. The second-order valence-electron chi connectivity index (χ2n) is 5.08. The Labute approximate surface area is 136 Å². The van der Waals surface area contributed by atoms with Crippen LogP contribution in [0, 0.1) is 6.92 Å². The van der Waals surface area contributed by atoms with Gasteiger partial charge in [0, 0.05) is 26.3 Å². The molecule has 1 aromatic heterocycles. The molecule has 0 spiro atoms. The van der Waals surface area contributed by atoms with E-state index in [4.69, 9.17) is 11.6 Å². The van der Waals surface area contributed by atoms with Gasteiger partial charge in [-0.1, -0.05) is 47.5 Å². The fourth-order valence-electron chi connectivity index (χ4n) is 1.99. The average molecular weight is 317 g/mol. The van der Waals surface area contributed by atoms with Gasteiger partial charge in [0.15, 0.2) is 5.96 Å². The molecule has 0 amide bonds.